The van der Waals surface area contributed by atoms with Crippen molar-refractivity contribution < 1.29 is 22.7 Å². The molecule has 29 heavy (non-hydrogen) atoms. The second kappa shape index (κ2) is 9.76. The summed E-state index contributed by atoms with van der Waals surface area (Å²) in [6, 6.07) is 13.0. The van der Waals surface area contributed by atoms with E-state index in [0.29, 0.717) is 23.5 Å². The van der Waals surface area contributed by atoms with Crippen LogP contribution in [-0.2, 0) is 14.8 Å². The largest absolute Gasteiger partial charge is 0.493 e. The number of carbonyl (C=O) groups is 1. The van der Waals surface area contributed by atoms with Gasteiger partial charge in [0.15, 0.2) is 11.5 Å². The number of amides is 1. The van der Waals surface area contributed by atoms with Crippen LogP contribution in [0.25, 0.3) is 0 Å². The van der Waals surface area contributed by atoms with Crippen LogP contribution in [0.4, 0.5) is 0 Å². The van der Waals surface area contributed by atoms with Crippen molar-refractivity contribution in [2.24, 2.45) is 0 Å². The van der Waals surface area contributed by atoms with Gasteiger partial charge in [-0.05, 0) is 29.7 Å². The summed E-state index contributed by atoms with van der Waals surface area (Å²) in [5.41, 5.74) is 1.44. The lowest BCUT2D eigenvalue weighted by atomic mass is 10.0. The normalized spacial score (nSPS) is 13.6. The number of sulfonamides is 1. The van der Waals surface area contributed by atoms with Crippen LogP contribution in [0.1, 0.15) is 36.6 Å². The highest BCUT2D eigenvalue weighted by Gasteiger charge is 2.32. The summed E-state index contributed by atoms with van der Waals surface area (Å²) in [5, 5.41) is 2.98. The Kier molecular flexibility index (Phi) is 7.64. The molecule has 0 fully saturated rings. The third-order valence-corrected chi connectivity index (χ3v) is 6.04. The molecule has 0 aliphatic carbocycles. The molecule has 2 rings (SSSR count). The fraction of sp³-hybridized carbons (Fsp3) is 0.381. The molecule has 0 saturated heterocycles. The molecule has 158 valence electrons. The summed E-state index contributed by atoms with van der Waals surface area (Å²) in [5.74, 6) is 0.757. The monoisotopic (exact) mass is 420 g/mol. The van der Waals surface area contributed by atoms with Crippen molar-refractivity contribution in [2.75, 3.05) is 27.5 Å². The van der Waals surface area contributed by atoms with Crippen LogP contribution < -0.4 is 14.8 Å². The summed E-state index contributed by atoms with van der Waals surface area (Å²) >= 11 is 0. The molecule has 0 aliphatic rings. The summed E-state index contributed by atoms with van der Waals surface area (Å²) in [6.07, 6.45) is 1.70. The minimum atomic E-state index is -3.59. The molecule has 2 unspecified atom stereocenters. The number of carbonyl (C=O) groups excluding carboxylic acids is 1. The zero-order valence-electron chi connectivity index (χ0n) is 17.4. The van der Waals surface area contributed by atoms with Gasteiger partial charge in [-0.1, -0.05) is 43.3 Å². The minimum Gasteiger partial charge on any atom is -0.493 e. The first-order valence-corrected chi connectivity index (χ1v) is 11.1. The van der Waals surface area contributed by atoms with E-state index in [9.17, 15) is 13.2 Å². The average molecular weight is 421 g/mol. The van der Waals surface area contributed by atoms with E-state index in [0.717, 1.165) is 16.1 Å². The van der Waals surface area contributed by atoms with Crippen molar-refractivity contribution >= 4 is 15.9 Å². The van der Waals surface area contributed by atoms with Gasteiger partial charge in [0.1, 0.15) is 6.04 Å². The Hall–Kier alpha value is -2.58. The molecule has 2 aromatic carbocycles. The Morgan fingerprint density at radius 1 is 1.03 bits per heavy atom. The van der Waals surface area contributed by atoms with Gasteiger partial charge in [0.05, 0.1) is 26.5 Å². The third-order valence-electron chi connectivity index (χ3n) is 4.79. The summed E-state index contributed by atoms with van der Waals surface area (Å²) < 4.78 is 36.0. The minimum absolute atomic E-state index is 0.318. The van der Waals surface area contributed by atoms with Gasteiger partial charge in [0, 0.05) is 7.05 Å². The van der Waals surface area contributed by atoms with E-state index in [1.54, 1.807) is 44.6 Å². The lowest BCUT2D eigenvalue weighted by Gasteiger charge is -2.28. The van der Waals surface area contributed by atoms with Crippen LogP contribution >= 0.6 is 0 Å². The highest BCUT2D eigenvalue weighted by Crippen LogP contribution is 2.31. The predicted octanol–water partition coefficient (Wildman–Crippen LogP) is 2.90. The molecule has 0 radical (unpaired) electrons. The van der Waals surface area contributed by atoms with Crippen LogP contribution in [0.15, 0.2) is 48.5 Å². The highest BCUT2D eigenvalue weighted by molar-refractivity contribution is 7.88. The lowest BCUT2D eigenvalue weighted by molar-refractivity contribution is -0.125. The van der Waals surface area contributed by atoms with Crippen molar-refractivity contribution in [1.29, 1.82) is 0 Å². The van der Waals surface area contributed by atoms with Crippen LogP contribution in [0, 0.1) is 0 Å². The Labute approximate surface area is 172 Å². The van der Waals surface area contributed by atoms with E-state index in [-0.39, 0.29) is 6.04 Å². The van der Waals surface area contributed by atoms with Crippen LogP contribution in [0.5, 0.6) is 11.5 Å². The van der Waals surface area contributed by atoms with E-state index < -0.39 is 22.0 Å². The number of hydrogen-bond acceptors (Lipinski definition) is 5. The van der Waals surface area contributed by atoms with E-state index in [1.165, 1.54) is 7.05 Å². The zero-order chi connectivity index (χ0) is 21.6. The number of nitrogens with zero attached hydrogens (tertiary/aromatic N) is 1. The highest BCUT2D eigenvalue weighted by atomic mass is 32.2. The van der Waals surface area contributed by atoms with Crippen molar-refractivity contribution in [3.63, 3.8) is 0 Å². The molecule has 0 bridgehead atoms. The second-order valence-corrected chi connectivity index (χ2v) is 8.72. The number of likely N-dealkylation sites (N-methyl/N-ethyl adjacent to an activating group) is 1. The van der Waals surface area contributed by atoms with Crippen LogP contribution in [0.3, 0.4) is 0 Å². The number of ether oxygens (including phenoxy) is 2. The Bertz CT molecular complexity index is 931. The summed E-state index contributed by atoms with van der Waals surface area (Å²) in [6.45, 7) is 1.94. The molecular weight excluding hydrogens is 392 g/mol. The van der Waals surface area contributed by atoms with Crippen molar-refractivity contribution in [3.05, 3.63) is 59.7 Å². The maximum absolute atomic E-state index is 13.2. The van der Waals surface area contributed by atoms with Crippen LogP contribution in [0.2, 0.25) is 0 Å². The van der Waals surface area contributed by atoms with Crippen molar-refractivity contribution in [3.8, 4) is 11.5 Å². The molecule has 8 heteroatoms. The van der Waals surface area contributed by atoms with Gasteiger partial charge in [-0.2, -0.15) is 4.31 Å². The third kappa shape index (κ3) is 5.48. The van der Waals surface area contributed by atoms with Gasteiger partial charge in [-0.3, -0.25) is 4.79 Å². The Balaban J connectivity index is 2.36. The number of methoxy groups -OCH3 is 2. The van der Waals surface area contributed by atoms with Gasteiger partial charge in [0.2, 0.25) is 15.9 Å². The van der Waals surface area contributed by atoms with Gasteiger partial charge >= 0.3 is 0 Å². The lowest BCUT2D eigenvalue weighted by Crippen LogP contribution is -2.42. The van der Waals surface area contributed by atoms with E-state index in [1.807, 2.05) is 25.1 Å². The van der Waals surface area contributed by atoms with Gasteiger partial charge in [0.25, 0.3) is 0 Å². The number of nitrogens with one attached hydrogen (secondary N) is 1. The molecule has 2 atom stereocenters. The van der Waals surface area contributed by atoms with Gasteiger partial charge < -0.3 is 14.8 Å². The fourth-order valence-corrected chi connectivity index (χ4v) is 3.69. The number of benzene rings is 2. The molecular formula is C21H28N2O5S. The van der Waals surface area contributed by atoms with E-state index in [2.05, 4.69) is 5.32 Å². The first-order valence-electron chi connectivity index (χ1n) is 9.23. The maximum atomic E-state index is 13.2. The Morgan fingerprint density at radius 2 is 1.66 bits per heavy atom. The second-order valence-electron chi connectivity index (χ2n) is 6.68. The predicted molar refractivity (Wildman–Crippen MR) is 113 cm³/mol. The molecule has 1 amide bonds. The zero-order valence-corrected chi connectivity index (χ0v) is 18.2. The first kappa shape index (κ1) is 22.7. The molecule has 0 spiro atoms. The topological polar surface area (TPSA) is 84.9 Å². The Morgan fingerprint density at radius 3 is 2.17 bits per heavy atom. The molecule has 0 aliphatic heterocycles. The van der Waals surface area contributed by atoms with Crippen molar-refractivity contribution in [1.82, 2.24) is 9.62 Å². The quantitative estimate of drug-likeness (QED) is 0.674. The summed E-state index contributed by atoms with van der Waals surface area (Å²) in [4.78, 5) is 13.2. The maximum Gasteiger partial charge on any atom is 0.243 e. The van der Waals surface area contributed by atoms with E-state index >= 15 is 0 Å². The standard InChI is InChI=1S/C21H28N2O5S/c1-6-17(16-12-13-18(27-3)19(14-16)28-4)22-21(24)20(23(2)29(5,25)26)15-10-8-7-9-11-15/h7-14,17,20H,6H2,1-5H3,(H,22,24). The number of hydrogen-bond donors (Lipinski definition) is 1. The molecule has 0 saturated carbocycles. The van der Waals surface area contributed by atoms with Crippen molar-refractivity contribution in [2.45, 2.75) is 25.4 Å². The smallest absolute Gasteiger partial charge is 0.243 e. The fourth-order valence-electron chi connectivity index (χ4n) is 3.09. The van der Waals surface area contributed by atoms with E-state index in [4.69, 9.17) is 9.47 Å². The molecule has 0 heterocycles. The molecule has 0 aromatic heterocycles. The van der Waals surface area contributed by atoms with Crippen LogP contribution in [-0.4, -0.2) is 46.2 Å². The average Bonchev–Trinajstić information content (AvgIpc) is 2.71. The van der Waals surface area contributed by atoms with Gasteiger partial charge in [-0.25, -0.2) is 8.42 Å². The van der Waals surface area contributed by atoms with Gasteiger partial charge in [-0.15, -0.1) is 0 Å². The SMILES string of the molecule is CCC(NC(=O)C(c1ccccc1)N(C)S(C)(=O)=O)c1ccc(OC)c(OC)c1. The molecule has 1 N–H and O–H groups in total. The summed E-state index contributed by atoms with van der Waals surface area (Å²) in [7, 11) is 0.928. The molecule has 7 nitrogen and oxygen atoms in total. The molecule has 2 aromatic rings. The number of rotatable bonds is 9. The first-order chi connectivity index (χ1) is 13.7.